The van der Waals surface area contributed by atoms with E-state index >= 15 is 0 Å². The fraction of sp³-hybridized carbons (Fsp3) is 0.500. The number of amides is 1. The molecular formula is C28H38N2O9. The van der Waals surface area contributed by atoms with Crippen LogP contribution < -0.4 is 19.5 Å². The van der Waals surface area contributed by atoms with Crippen LogP contribution in [0, 0.1) is 5.92 Å². The van der Waals surface area contributed by atoms with Crippen LogP contribution in [0.3, 0.4) is 0 Å². The molecule has 1 amide bonds. The van der Waals surface area contributed by atoms with Gasteiger partial charge < -0.3 is 33.7 Å². The van der Waals surface area contributed by atoms with E-state index in [0.29, 0.717) is 12.4 Å². The smallest absolute Gasteiger partial charge is 0.328 e. The molecule has 214 valence electrons. The zero-order chi connectivity index (χ0) is 28.8. The summed E-state index contributed by atoms with van der Waals surface area (Å²) < 4.78 is 32.7. The molecule has 0 spiro atoms. The molecule has 11 nitrogen and oxygen atoms in total. The van der Waals surface area contributed by atoms with Gasteiger partial charge >= 0.3 is 11.9 Å². The lowest BCUT2D eigenvalue weighted by atomic mass is 9.92. The van der Waals surface area contributed by atoms with Crippen molar-refractivity contribution in [3.63, 3.8) is 0 Å². The number of hydrogen-bond donors (Lipinski definition) is 1. The molecule has 4 atom stereocenters. The fourth-order valence-corrected chi connectivity index (χ4v) is 3.84. The summed E-state index contributed by atoms with van der Waals surface area (Å²) in [5, 5.41) is 2.58. The highest BCUT2D eigenvalue weighted by atomic mass is 16.7. The number of nitrogens with zero attached hydrogens (tertiary/aromatic N) is 1. The van der Waals surface area contributed by atoms with Crippen molar-refractivity contribution < 1.29 is 42.8 Å². The van der Waals surface area contributed by atoms with Gasteiger partial charge in [-0.1, -0.05) is 25.1 Å². The van der Waals surface area contributed by atoms with Crippen molar-refractivity contribution in [3.05, 3.63) is 48.3 Å². The summed E-state index contributed by atoms with van der Waals surface area (Å²) in [4.78, 5) is 41.2. The first-order valence-corrected chi connectivity index (χ1v) is 12.7. The number of ether oxygens (including phenoxy) is 6. The number of carbonyl (C=O) groups excluding carboxylic acids is 3. The number of benzene rings is 1. The molecule has 0 saturated heterocycles. The van der Waals surface area contributed by atoms with Crippen molar-refractivity contribution >= 4 is 17.8 Å². The quantitative estimate of drug-likeness (QED) is 0.246. The Kier molecular flexibility index (Phi) is 13.0. The second kappa shape index (κ2) is 16.2. The third-order valence-corrected chi connectivity index (χ3v) is 5.93. The molecule has 0 bridgehead atoms. The number of nitrogens with one attached hydrogen (secondary N) is 1. The van der Waals surface area contributed by atoms with E-state index in [2.05, 4.69) is 10.3 Å². The Balaban J connectivity index is 2.13. The zero-order valence-corrected chi connectivity index (χ0v) is 23.3. The maximum atomic E-state index is 13.0. The number of aromatic nitrogens is 1. The number of methoxy groups -OCH3 is 2. The van der Waals surface area contributed by atoms with Gasteiger partial charge in [-0.3, -0.25) is 9.59 Å². The third-order valence-electron chi connectivity index (χ3n) is 5.93. The maximum Gasteiger partial charge on any atom is 0.328 e. The SMILES string of the molecule is CC[C@@H](CCOC)[C@@H](Oc1ccccc1)[C@H](C)OC(=O)[C@H](C)NC(=O)c1nccc(OC)c1OCOC(C)=O. The summed E-state index contributed by atoms with van der Waals surface area (Å²) in [7, 11) is 3.03. The Labute approximate surface area is 229 Å². The van der Waals surface area contributed by atoms with Gasteiger partial charge in [-0.15, -0.1) is 0 Å². The van der Waals surface area contributed by atoms with Gasteiger partial charge in [0.1, 0.15) is 24.0 Å². The first-order valence-electron chi connectivity index (χ1n) is 12.7. The Morgan fingerprint density at radius 3 is 2.38 bits per heavy atom. The number of rotatable bonds is 16. The van der Waals surface area contributed by atoms with Crippen molar-refractivity contribution in [2.45, 2.75) is 58.8 Å². The topological polar surface area (TPSA) is 132 Å². The highest BCUT2D eigenvalue weighted by molar-refractivity contribution is 5.98. The molecule has 0 radical (unpaired) electrons. The van der Waals surface area contributed by atoms with Gasteiger partial charge in [0.25, 0.3) is 5.91 Å². The van der Waals surface area contributed by atoms with Gasteiger partial charge in [-0.2, -0.15) is 0 Å². The van der Waals surface area contributed by atoms with Crippen LogP contribution in [-0.2, 0) is 23.8 Å². The van der Waals surface area contributed by atoms with Crippen molar-refractivity contribution in [1.29, 1.82) is 0 Å². The van der Waals surface area contributed by atoms with Crippen LogP contribution >= 0.6 is 0 Å². The molecule has 1 N–H and O–H groups in total. The summed E-state index contributed by atoms with van der Waals surface area (Å²) >= 11 is 0. The molecule has 0 aliphatic heterocycles. The minimum atomic E-state index is -1.02. The second-order valence-electron chi connectivity index (χ2n) is 8.77. The van der Waals surface area contributed by atoms with Gasteiger partial charge in [-0.25, -0.2) is 9.78 Å². The van der Waals surface area contributed by atoms with Crippen LogP contribution in [0.1, 0.15) is 51.0 Å². The van der Waals surface area contributed by atoms with Gasteiger partial charge in [0, 0.05) is 38.8 Å². The molecule has 2 aromatic rings. The molecule has 2 rings (SSSR count). The Morgan fingerprint density at radius 2 is 1.77 bits per heavy atom. The molecule has 11 heteroatoms. The molecule has 0 fully saturated rings. The Morgan fingerprint density at radius 1 is 1.05 bits per heavy atom. The first kappa shape index (κ1) is 31.4. The number of hydrogen-bond acceptors (Lipinski definition) is 10. The first-order chi connectivity index (χ1) is 18.7. The van der Waals surface area contributed by atoms with Crippen LogP contribution in [0.25, 0.3) is 0 Å². The van der Waals surface area contributed by atoms with E-state index in [4.69, 9.17) is 28.4 Å². The van der Waals surface area contributed by atoms with E-state index in [1.54, 1.807) is 14.0 Å². The fourth-order valence-electron chi connectivity index (χ4n) is 3.84. The van der Waals surface area contributed by atoms with Crippen LogP contribution in [0.15, 0.2) is 42.6 Å². The van der Waals surface area contributed by atoms with Crippen LogP contribution in [0.2, 0.25) is 0 Å². The van der Waals surface area contributed by atoms with Crippen LogP contribution in [0.4, 0.5) is 0 Å². The number of carbonyl (C=O) groups is 3. The molecule has 39 heavy (non-hydrogen) atoms. The lowest BCUT2D eigenvalue weighted by molar-refractivity contribution is -0.156. The lowest BCUT2D eigenvalue weighted by Crippen LogP contribution is -2.45. The lowest BCUT2D eigenvalue weighted by Gasteiger charge is -2.32. The van der Waals surface area contributed by atoms with E-state index < -0.39 is 42.9 Å². The predicted octanol–water partition coefficient (Wildman–Crippen LogP) is 3.55. The molecule has 0 aliphatic carbocycles. The summed E-state index contributed by atoms with van der Waals surface area (Å²) in [5.74, 6) is -1.03. The van der Waals surface area contributed by atoms with Crippen molar-refractivity contribution in [1.82, 2.24) is 10.3 Å². The Hall–Kier alpha value is -3.86. The minimum absolute atomic E-state index is 0.0343. The van der Waals surface area contributed by atoms with E-state index in [1.165, 1.54) is 33.2 Å². The average Bonchev–Trinajstić information content (AvgIpc) is 2.92. The second-order valence-corrected chi connectivity index (χ2v) is 8.77. The molecule has 0 unspecified atom stereocenters. The summed E-state index contributed by atoms with van der Waals surface area (Å²) in [6.07, 6.45) is 1.79. The van der Waals surface area contributed by atoms with Gasteiger partial charge in [-0.05, 0) is 38.8 Å². The molecule has 1 aromatic heterocycles. The average molecular weight is 547 g/mol. The van der Waals surface area contributed by atoms with E-state index in [-0.39, 0.29) is 23.1 Å². The van der Waals surface area contributed by atoms with E-state index in [1.807, 2.05) is 37.3 Å². The van der Waals surface area contributed by atoms with Crippen molar-refractivity contribution in [2.75, 3.05) is 27.6 Å². The van der Waals surface area contributed by atoms with Crippen LogP contribution in [-0.4, -0.2) is 68.7 Å². The molecular weight excluding hydrogens is 508 g/mol. The zero-order valence-electron chi connectivity index (χ0n) is 23.3. The van der Waals surface area contributed by atoms with Crippen molar-refractivity contribution in [2.24, 2.45) is 5.92 Å². The van der Waals surface area contributed by atoms with Crippen molar-refractivity contribution in [3.8, 4) is 17.2 Å². The minimum Gasteiger partial charge on any atom is -0.493 e. The maximum absolute atomic E-state index is 13.0. The number of pyridine rings is 1. The third kappa shape index (κ3) is 9.75. The summed E-state index contributed by atoms with van der Waals surface area (Å²) in [5.41, 5.74) is -0.148. The van der Waals surface area contributed by atoms with Gasteiger partial charge in [0.2, 0.25) is 6.79 Å². The highest BCUT2D eigenvalue weighted by Gasteiger charge is 2.32. The number of esters is 2. The molecule has 0 saturated carbocycles. The van der Waals surface area contributed by atoms with Crippen LogP contribution in [0.5, 0.6) is 17.2 Å². The number of para-hydroxylation sites is 1. The molecule has 1 heterocycles. The monoisotopic (exact) mass is 546 g/mol. The summed E-state index contributed by atoms with van der Waals surface area (Å²) in [6.45, 7) is 6.62. The molecule has 0 aliphatic rings. The highest BCUT2D eigenvalue weighted by Crippen LogP contribution is 2.30. The van der Waals surface area contributed by atoms with E-state index in [9.17, 15) is 14.4 Å². The predicted molar refractivity (Wildman–Crippen MR) is 142 cm³/mol. The standard InChI is InChI=1S/C28H38N2O9/c1-7-21(14-16-34-5)25(39-22-11-9-8-10-12-22)19(3)38-28(33)18(2)30-27(32)24-26(37-17-36-20(4)31)23(35-6)13-15-29-24/h8-13,15,18-19,21,25H,7,14,16-17H2,1-6H3,(H,30,32)/t18-,19-,21-,25-/m0/s1. The van der Waals surface area contributed by atoms with Gasteiger partial charge in [0.15, 0.2) is 17.2 Å². The van der Waals surface area contributed by atoms with E-state index in [0.717, 1.165) is 12.8 Å². The largest absolute Gasteiger partial charge is 0.493 e. The normalized spacial score (nSPS) is 13.8. The Bertz CT molecular complexity index is 1060. The van der Waals surface area contributed by atoms with Gasteiger partial charge in [0.05, 0.1) is 7.11 Å². The summed E-state index contributed by atoms with van der Waals surface area (Å²) in [6, 6.07) is 9.78. The molecule has 1 aromatic carbocycles.